The number of nitrogens with zero attached hydrogens (tertiary/aromatic N) is 2. The maximum absolute atomic E-state index is 5.18. The van der Waals surface area contributed by atoms with Crippen molar-refractivity contribution in [3.05, 3.63) is 169 Å². The van der Waals surface area contributed by atoms with E-state index in [1.807, 2.05) is 0 Å². The van der Waals surface area contributed by atoms with Crippen molar-refractivity contribution in [1.29, 1.82) is 0 Å². The Morgan fingerprint density at radius 2 is 1.17 bits per heavy atom. The molecule has 7 aromatic carbocycles. The van der Waals surface area contributed by atoms with Crippen LogP contribution in [0.1, 0.15) is 24.7 Å². The quantitative estimate of drug-likeness (QED) is 0.187. The van der Waals surface area contributed by atoms with Crippen molar-refractivity contribution < 1.29 is 0 Å². The van der Waals surface area contributed by atoms with Gasteiger partial charge < -0.3 is 0 Å². The summed E-state index contributed by atoms with van der Waals surface area (Å²) in [6.45, 7) is 2.37. The highest BCUT2D eigenvalue weighted by Crippen LogP contribution is 2.46. The summed E-state index contributed by atoms with van der Waals surface area (Å²) >= 11 is 0. The first kappa shape index (κ1) is 26.7. The monoisotopic (exact) mass is 588 g/mol. The molecule has 0 saturated heterocycles. The lowest BCUT2D eigenvalue weighted by Gasteiger charge is -2.26. The number of fused-ring (bicyclic) bond motifs is 4. The normalized spacial score (nSPS) is 15.0. The second kappa shape index (κ2) is 10.7. The van der Waals surface area contributed by atoms with Crippen molar-refractivity contribution in [2.75, 3.05) is 0 Å². The maximum atomic E-state index is 5.18. The zero-order chi connectivity index (χ0) is 30.6. The molecule has 0 aliphatic heterocycles. The number of rotatable bonds is 4. The minimum Gasteiger partial charge on any atom is -0.293 e. The largest absolute Gasteiger partial charge is 0.293 e. The molecule has 0 unspecified atom stereocenters. The van der Waals surface area contributed by atoms with Gasteiger partial charge in [0.15, 0.2) is 0 Å². The first-order chi connectivity index (χ1) is 22.7. The van der Waals surface area contributed by atoms with Gasteiger partial charge in [-0.1, -0.05) is 134 Å². The van der Waals surface area contributed by atoms with E-state index in [0.29, 0.717) is 5.92 Å². The SMILES string of the molecule is C[C@@H]1CC(c2nc3ccccc3n2-c2ccccc2)=CC=C1c1c2ccccc2c(-c2ccc3ccccc3c2)c2ccccc12. The van der Waals surface area contributed by atoms with Crippen molar-refractivity contribution in [1.82, 2.24) is 9.55 Å². The molecule has 2 heteroatoms. The van der Waals surface area contributed by atoms with E-state index in [0.717, 1.165) is 29.0 Å². The van der Waals surface area contributed by atoms with Crippen LogP contribution in [0.4, 0.5) is 0 Å². The molecular weight excluding hydrogens is 556 g/mol. The lowest BCUT2D eigenvalue weighted by Crippen LogP contribution is -2.09. The smallest absolute Gasteiger partial charge is 0.141 e. The fourth-order valence-electron chi connectivity index (χ4n) is 7.53. The zero-order valence-corrected chi connectivity index (χ0v) is 25.7. The predicted molar refractivity (Wildman–Crippen MR) is 195 cm³/mol. The summed E-state index contributed by atoms with van der Waals surface area (Å²) in [7, 11) is 0. The van der Waals surface area contributed by atoms with Gasteiger partial charge in [0.1, 0.15) is 5.82 Å². The van der Waals surface area contributed by atoms with Gasteiger partial charge in [0.2, 0.25) is 0 Å². The average molecular weight is 589 g/mol. The van der Waals surface area contributed by atoms with Crippen LogP contribution < -0.4 is 0 Å². The molecule has 1 aliphatic carbocycles. The summed E-state index contributed by atoms with van der Waals surface area (Å²) in [5, 5.41) is 7.72. The van der Waals surface area contributed by atoms with Crippen molar-refractivity contribution in [3.63, 3.8) is 0 Å². The van der Waals surface area contributed by atoms with Crippen LogP contribution in [0.3, 0.4) is 0 Å². The lowest BCUT2D eigenvalue weighted by atomic mass is 9.79. The molecule has 1 atom stereocenters. The van der Waals surface area contributed by atoms with Gasteiger partial charge >= 0.3 is 0 Å². The van der Waals surface area contributed by atoms with E-state index in [1.54, 1.807) is 0 Å². The topological polar surface area (TPSA) is 17.8 Å². The fourth-order valence-corrected chi connectivity index (χ4v) is 7.53. The van der Waals surface area contributed by atoms with E-state index in [9.17, 15) is 0 Å². The van der Waals surface area contributed by atoms with Gasteiger partial charge in [-0.05, 0) is 103 Å². The van der Waals surface area contributed by atoms with Crippen molar-refractivity contribution in [2.24, 2.45) is 5.92 Å². The molecule has 8 aromatic rings. The molecular formula is C44H32N2. The van der Waals surface area contributed by atoms with Crippen LogP contribution >= 0.6 is 0 Å². The lowest BCUT2D eigenvalue weighted by molar-refractivity contribution is 0.765. The molecule has 1 aromatic heterocycles. The molecule has 0 amide bonds. The van der Waals surface area contributed by atoms with Crippen LogP contribution in [0.25, 0.3) is 71.3 Å². The van der Waals surface area contributed by atoms with Gasteiger partial charge in [-0.3, -0.25) is 4.57 Å². The molecule has 0 fully saturated rings. The average Bonchev–Trinajstić information content (AvgIpc) is 3.51. The van der Waals surface area contributed by atoms with Gasteiger partial charge in [-0.15, -0.1) is 0 Å². The molecule has 1 aliphatic rings. The number of imidazole rings is 1. The van der Waals surface area contributed by atoms with Crippen molar-refractivity contribution in [2.45, 2.75) is 13.3 Å². The van der Waals surface area contributed by atoms with Crippen LogP contribution in [-0.4, -0.2) is 9.55 Å². The second-order valence-corrected chi connectivity index (χ2v) is 12.4. The molecule has 0 N–H and O–H groups in total. The third-order valence-corrected chi connectivity index (χ3v) is 9.64. The molecule has 9 rings (SSSR count). The second-order valence-electron chi connectivity index (χ2n) is 12.4. The van der Waals surface area contributed by atoms with Gasteiger partial charge in [-0.2, -0.15) is 0 Å². The number of hydrogen-bond acceptors (Lipinski definition) is 1. The van der Waals surface area contributed by atoms with E-state index >= 15 is 0 Å². The van der Waals surface area contributed by atoms with E-state index < -0.39 is 0 Å². The molecule has 0 bridgehead atoms. The summed E-state index contributed by atoms with van der Waals surface area (Å²) in [6, 6.07) is 52.5. The van der Waals surface area contributed by atoms with Crippen molar-refractivity contribution >= 4 is 54.5 Å². The third-order valence-electron chi connectivity index (χ3n) is 9.64. The highest BCUT2D eigenvalue weighted by molar-refractivity contribution is 6.19. The molecule has 0 radical (unpaired) electrons. The maximum Gasteiger partial charge on any atom is 0.141 e. The van der Waals surface area contributed by atoms with E-state index in [-0.39, 0.29) is 0 Å². The van der Waals surface area contributed by atoms with Crippen LogP contribution in [-0.2, 0) is 0 Å². The minimum atomic E-state index is 0.308. The van der Waals surface area contributed by atoms with Crippen LogP contribution in [0, 0.1) is 5.92 Å². The van der Waals surface area contributed by atoms with Gasteiger partial charge in [0.05, 0.1) is 11.0 Å². The Morgan fingerprint density at radius 3 is 1.89 bits per heavy atom. The summed E-state index contributed by atoms with van der Waals surface area (Å²) in [4.78, 5) is 5.18. The number of allylic oxidation sites excluding steroid dienone is 4. The minimum absolute atomic E-state index is 0.308. The Balaban J connectivity index is 1.26. The molecule has 0 spiro atoms. The Kier molecular flexibility index (Phi) is 6.21. The molecule has 1 heterocycles. The zero-order valence-electron chi connectivity index (χ0n) is 25.7. The van der Waals surface area contributed by atoms with E-state index in [4.69, 9.17) is 4.98 Å². The van der Waals surface area contributed by atoms with Gasteiger partial charge in [0, 0.05) is 5.69 Å². The highest BCUT2D eigenvalue weighted by Gasteiger charge is 2.25. The van der Waals surface area contributed by atoms with Gasteiger partial charge in [-0.25, -0.2) is 4.98 Å². The van der Waals surface area contributed by atoms with Crippen molar-refractivity contribution in [3.8, 4) is 16.8 Å². The molecule has 218 valence electrons. The Bertz CT molecular complexity index is 2460. The highest BCUT2D eigenvalue weighted by atomic mass is 15.1. The first-order valence-corrected chi connectivity index (χ1v) is 16.1. The summed E-state index contributed by atoms with van der Waals surface area (Å²) in [6.07, 6.45) is 5.59. The predicted octanol–water partition coefficient (Wildman–Crippen LogP) is 11.7. The summed E-state index contributed by atoms with van der Waals surface area (Å²) in [5.41, 5.74) is 9.83. The molecule has 0 saturated carbocycles. The number of benzene rings is 7. The standard InChI is InChI=1S/C44H32N2/c1-29-27-33(44-45-40-21-11-12-22-41(40)46(44)34-15-3-2-4-16-34)25-26-35(29)43-38-19-9-7-17-36(38)42(37-18-8-10-20-39(37)43)32-24-23-30-13-5-6-14-31(30)28-32/h2-26,28-29H,27H2,1H3/t29-/m1/s1. The van der Waals surface area contributed by atoms with Gasteiger partial charge in [0.25, 0.3) is 0 Å². The van der Waals surface area contributed by atoms with E-state index in [1.165, 1.54) is 60.2 Å². The Morgan fingerprint density at radius 1 is 0.565 bits per heavy atom. The fraction of sp³-hybridized carbons (Fsp3) is 0.0682. The third kappa shape index (κ3) is 4.22. The van der Waals surface area contributed by atoms with Crippen LogP contribution in [0.5, 0.6) is 0 Å². The number of aromatic nitrogens is 2. The Hall–Kier alpha value is -5.73. The first-order valence-electron chi connectivity index (χ1n) is 16.1. The van der Waals surface area contributed by atoms with E-state index in [2.05, 4.69) is 169 Å². The molecule has 2 nitrogen and oxygen atoms in total. The summed E-state index contributed by atoms with van der Waals surface area (Å²) in [5.74, 6) is 1.33. The number of para-hydroxylation sites is 3. The van der Waals surface area contributed by atoms with Crippen LogP contribution in [0.2, 0.25) is 0 Å². The molecule has 46 heavy (non-hydrogen) atoms. The summed E-state index contributed by atoms with van der Waals surface area (Å²) < 4.78 is 2.32. The Labute approximate surface area is 268 Å². The van der Waals surface area contributed by atoms with Crippen LogP contribution in [0.15, 0.2) is 158 Å². The number of hydrogen-bond donors (Lipinski definition) is 0.